The molecule has 0 aliphatic rings. The first kappa shape index (κ1) is 14.9. The molecule has 0 unspecified atom stereocenters. The van der Waals surface area contributed by atoms with Crippen molar-refractivity contribution in [1.82, 2.24) is 4.98 Å². The van der Waals surface area contributed by atoms with Crippen molar-refractivity contribution in [2.75, 3.05) is 0 Å². The van der Waals surface area contributed by atoms with E-state index < -0.39 is 0 Å². The van der Waals surface area contributed by atoms with Crippen LogP contribution in [-0.2, 0) is 6.54 Å². The van der Waals surface area contributed by atoms with Gasteiger partial charge in [0.25, 0.3) is 0 Å². The number of rotatable bonds is 3. The zero-order chi connectivity index (χ0) is 15.5. The van der Waals surface area contributed by atoms with E-state index in [9.17, 15) is 0 Å². The average molecular weight is 353 g/mol. The van der Waals surface area contributed by atoms with Gasteiger partial charge in [-0.25, -0.2) is 0 Å². The second-order valence-electron chi connectivity index (χ2n) is 5.29. The largest absolute Gasteiger partial charge is 0.283 e. The van der Waals surface area contributed by atoms with Gasteiger partial charge >= 0.3 is 0 Å². The van der Waals surface area contributed by atoms with E-state index in [-0.39, 0.29) is 0 Å². The van der Waals surface area contributed by atoms with Gasteiger partial charge in [0, 0.05) is 11.1 Å². The fourth-order valence-corrected chi connectivity index (χ4v) is 3.22. The molecule has 0 saturated heterocycles. The molecule has 0 atom stereocenters. The quantitative estimate of drug-likeness (QED) is 0.586. The number of halogens is 1. The van der Waals surface area contributed by atoms with Crippen molar-refractivity contribution < 1.29 is 0 Å². The number of pyridine rings is 1. The summed E-state index contributed by atoms with van der Waals surface area (Å²) in [6, 6.07) is 18.6. The van der Waals surface area contributed by atoms with Crippen molar-refractivity contribution in [3.05, 3.63) is 76.0 Å². The topological polar surface area (TPSA) is 25.2 Å². The number of aliphatic imine (C=N–C) groups is 1. The minimum atomic E-state index is 0.673. The number of fused-ring (bicyclic) bond motifs is 1. The first-order chi connectivity index (χ1) is 10.7. The molecule has 0 amide bonds. The molecule has 0 saturated carbocycles. The summed E-state index contributed by atoms with van der Waals surface area (Å²) in [5, 5.41) is 2.35. The molecule has 2 nitrogen and oxygen atoms in total. The normalized spacial score (nSPS) is 11.9. The lowest BCUT2D eigenvalue weighted by molar-refractivity contribution is 1.06. The first-order valence-corrected chi connectivity index (χ1v) is 8.06. The van der Waals surface area contributed by atoms with Gasteiger partial charge < -0.3 is 0 Å². The van der Waals surface area contributed by atoms with Crippen molar-refractivity contribution in [3.63, 3.8) is 0 Å². The van der Waals surface area contributed by atoms with Gasteiger partial charge in [0.1, 0.15) is 0 Å². The summed E-state index contributed by atoms with van der Waals surface area (Å²) >= 11 is 3.70. The summed E-state index contributed by atoms with van der Waals surface area (Å²) in [5.41, 5.74) is 4.11. The molecule has 0 aliphatic carbocycles. The van der Waals surface area contributed by atoms with Crippen molar-refractivity contribution in [2.24, 2.45) is 4.99 Å². The summed E-state index contributed by atoms with van der Waals surface area (Å²) in [6.07, 6.45) is 0. The number of benzene rings is 2. The molecule has 0 aliphatic heterocycles. The minimum absolute atomic E-state index is 0.673. The number of aryl methyl sites for hydroxylation is 1. The monoisotopic (exact) mass is 352 g/mol. The third-order valence-electron chi connectivity index (χ3n) is 3.73. The summed E-state index contributed by atoms with van der Waals surface area (Å²) in [4.78, 5) is 9.43. The van der Waals surface area contributed by atoms with Crippen molar-refractivity contribution in [1.29, 1.82) is 0 Å². The van der Waals surface area contributed by atoms with E-state index >= 15 is 0 Å². The Kier molecular flexibility index (Phi) is 4.34. The molecule has 0 fully saturated rings. The SMILES string of the molecule is CC(=NCc1ccccc1)c1nc(C)c2ccccc2c1Br. The highest BCUT2D eigenvalue weighted by Crippen LogP contribution is 2.28. The average Bonchev–Trinajstić information content (AvgIpc) is 2.57. The van der Waals surface area contributed by atoms with Crippen LogP contribution in [0.2, 0.25) is 0 Å². The fourth-order valence-electron chi connectivity index (χ4n) is 2.50. The minimum Gasteiger partial charge on any atom is -0.283 e. The molecule has 3 heteroatoms. The van der Waals surface area contributed by atoms with Crippen molar-refractivity contribution in [3.8, 4) is 0 Å². The van der Waals surface area contributed by atoms with Crippen LogP contribution >= 0.6 is 15.9 Å². The Balaban J connectivity index is 2.00. The van der Waals surface area contributed by atoms with E-state index in [2.05, 4.69) is 40.2 Å². The van der Waals surface area contributed by atoms with E-state index in [1.165, 1.54) is 16.3 Å². The van der Waals surface area contributed by atoms with Crippen LogP contribution in [0.5, 0.6) is 0 Å². The molecule has 1 heterocycles. The van der Waals surface area contributed by atoms with E-state index in [0.717, 1.165) is 21.6 Å². The molecule has 0 radical (unpaired) electrons. The molecular weight excluding hydrogens is 336 g/mol. The smallest absolute Gasteiger partial charge is 0.0988 e. The summed E-state index contributed by atoms with van der Waals surface area (Å²) in [7, 11) is 0. The molecule has 3 aromatic rings. The maximum Gasteiger partial charge on any atom is 0.0988 e. The lowest BCUT2D eigenvalue weighted by Crippen LogP contribution is -2.03. The van der Waals surface area contributed by atoms with Crippen LogP contribution in [0.15, 0.2) is 64.1 Å². The Morgan fingerprint density at radius 2 is 1.64 bits per heavy atom. The predicted molar refractivity (Wildman–Crippen MR) is 96.5 cm³/mol. The molecule has 0 N–H and O–H groups in total. The van der Waals surface area contributed by atoms with Crippen molar-refractivity contribution >= 4 is 32.4 Å². The van der Waals surface area contributed by atoms with Gasteiger partial charge in [0.05, 0.1) is 22.4 Å². The Bertz CT molecular complexity index is 839. The molecular formula is C19H17BrN2. The van der Waals surface area contributed by atoms with Crippen LogP contribution in [0.3, 0.4) is 0 Å². The lowest BCUT2D eigenvalue weighted by Gasteiger charge is -2.10. The number of nitrogens with zero attached hydrogens (tertiary/aromatic N) is 2. The van der Waals surface area contributed by atoms with Gasteiger partial charge in [-0.2, -0.15) is 0 Å². The highest BCUT2D eigenvalue weighted by molar-refractivity contribution is 9.10. The van der Waals surface area contributed by atoms with Gasteiger partial charge in [0.15, 0.2) is 0 Å². The Labute approximate surface area is 139 Å². The van der Waals surface area contributed by atoms with Gasteiger partial charge in [0.2, 0.25) is 0 Å². The molecule has 3 rings (SSSR count). The van der Waals surface area contributed by atoms with Gasteiger partial charge in [-0.05, 0) is 40.7 Å². The van der Waals surface area contributed by atoms with Gasteiger partial charge in [-0.1, -0.05) is 54.6 Å². The molecule has 1 aromatic heterocycles. The van der Waals surface area contributed by atoms with E-state index in [0.29, 0.717) is 6.54 Å². The van der Waals surface area contributed by atoms with Crippen LogP contribution in [0.1, 0.15) is 23.9 Å². The molecule has 2 aromatic carbocycles. The Morgan fingerprint density at radius 1 is 1.00 bits per heavy atom. The fraction of sp³-hybridized carbons (Fsp3) is 0.158. The Hall–Kier alpha value is -2.00. The van der Waals surface area contributed by atoms with E-state index in [4.69, 9.17) is 9.98 Å². The highest BCUT2D eigenvalue weighted by atomic mass is 79.9. The number of hydrogen-bond acceptors (Lipinski definition) is 2. The zero-order valence-corrected chi connectivity index (χ0v) is 14.3. The molecule has 0 bridgehead atoms. The van der Waals surface area contributed by atoms with E-state index in [1.807, 2.05) is 44.2 Å². The summed E-state index contributed by atoms with van der Waals surface area (Å²) in [5.74, 6) is 0. The number of hydrogen-bond donors (Lipinski definition) is 0. The standard InChI is InChI=1S/C19H17BrN2/c1-13-16-10-6-7-11-17(16)18(20)19(22-13)14(2)21-12-15-8-4-3-5-9-15/h3-11H,12H2,1-2H3. The molecule has 110 valence electrons. The second-order valence-corrected chi connectivity index (χ2v) is 6.09. The number of aromatic nitrogens is 1. The van der Waals surface area contributed by atoms with Crippen LogP contribution in [-0.4, -0.2) is 10.7 Å². The van der Waals surface area contributed by atoms with Crippen LogP contribution in [0.25, 0.3) is 10.8 Å². The summed E-state index contributed by atoms with van der Waals surface area (Å²) < 4.78 is 1.02. The maximum atomic E-state index is 4.74. The maximum absolute atomic E-state index is 4.74. The molecule has 0 spiro atoms. The second kappa shape index (κ2) is 6.41. The van der Waals surface area contributed by atoms with Gasteiger partial charge in [-0.15, -0.1) is 0 Å². The van der Waals surface area contributed by atoms with Gasteiger partial charge in [-0.3, -0.25) is 9.98 Å². The summed E-state index contributed by atoms with van der Waals surface area (Å²) in [6.45, 7) is 4.74. The first-order valence-electron chi connectivity index (χ1n) is 7.27. The van der Waals surface area contributed by atoms with E-state index in [1.54, 1.807) is 0 Å². The Morgan fingerprint density at radius 3 is 2.36 bits per heavy atom. The zero-order valence-electron chi connectivity index (χ0n) is 12.7. The van der Waals surface area contributed by atoms with Crippen LogP contribution in [0.4, 0.5) is 0 Å². The van der Waals surface area contributed by atoms with Crippen LogP contribution in [0, 0.1) is 6.92 Å². The third kappa shape index (κ3) is 2.95. The lowest BCUT2D eigenvalue weighted by atomic mass is 10.1. The third-order valence-corrected chi connectivity index (χ3v) is 4.53. The highest BCUT2D eigenvalue weighted by Gasteiger charge is 2.11. The van der Waals surface area contributed by atoms with Crippen molar-refractivity contribution in [2.45, 2.75) is 20.4 Å². The molecule has 22 heavy (non-hydrogen) atoms. The predicted octanol–water partition coefficient (Wildman–Crippen LogP) is 5.31. The van der Waals surface area contributed by atoms with Crippen LogP contribution < -0.4 is 0 Å².